The predicted molar refractivity (Wildman–Crippen MR) is 126 cm³/mol. The number of halogens is 3. The van der Waals surface area contributed by atoms with Gasteiger partial charge in [-0.1, -0.05) is 23.7 Å². The van der Waals surface area contributed by atoms with Gasteiger partial charge in [0.1, 0.15) is 5.82 Å². The number of hydrogen-bond donors (Lipinski definition) is 0. The molecule has 2 heterocycles. The van der Waals surface area contributed by atoms with E-state index in [-0.39, 0.29) is 18.2 Å². The van der Waals surface area contributed by atoms with Crippen molar-refractivity contribution in [2.24, 2.45) is 0 Å². The summed E-state index contributed by atoms with van der Waals surface area (Å²) in [6.07, 6.45) is 1.87. The van der Waals surface area contributed by atoms with Crippen molar-refractivity contribution in [3.63, 3.8) is 0 Å². The molecule has 2 aromatic heterocycles. The van der Waals surface area contributed by atoms with Crippen LogP contribution in [0.2, 0.25) is 5.02 Å². The Hall–Kier alpha value is -2.56. The Labute approximate surface area is 187 Å². The van der Waals surface area contributed by atoms with E-state index in [1.807, 2.05) is 25.4 Å². The molecule has 4 aromatic rings. The Balaban J connectivity index is 0.00000256. The van der Waals surface area contributed by atoms with E-state index < -0.39 is 0 Å². The second-order valence-corrected chi connectivity index (χ2v) is 7.85. The molecule has 0 bridgehead atoms. The summed E-state index contributed by atoms with van der Waals surface area (Å²) in [5.41, 5.74) is 6.78. The highest BCUT2D eigenvalue weighted by Crippen LogP contribution is 2.29. The maximum absolute atomic E-state index is 13.3. The molecule has 0 saturated carbocycles. The van der Waals surface area contributed by atoms with Gasteiger partial charge in [-0.05, 0) is 67.4 Å². The van der Waals surface area contributed by atoms with Crippen LogP contribution in [0.5, 0.6) is 0 Å². The lowest BCUT2D eigenvalue weighted by Gasteiger charge is -2.20. The van der Waals surface area contributed by atoms with Gasteiger partial charge in [-0.3, -0.25) is 4.98 Å². The second kappa shape index (κ2) is 9.07. The van der Waals surface area contributed by atoms with Crippen LogP contribution >= 0.6 is 24.0 Å². The molecule has 0 saturated heterocycles. The highest BCUT2D eigenvalue weighted by Gasteiger charge is 2.17. The topological polar surface area (TPSA) is 21.1 Å². The SMILES string of the molecule is Cc1c(C)n(Cc2ccc(Cl)cc2)c2c(CN(C)c3ccc(F)cc3)nccc12.Cl. The smallest absolute Gasteiger partial charge is 0.123 e. The first-order valence-corrected chi connectivity index (χ1v) is 9.96. The molecule has 0 N–H and O–H groups in total. The van der Waals surface area contributed by atoms with Crippen LogP contribution in [0.15, 0.2) is 60.8 Å². The van der Waals surface area contributed by atoms with Crippen molar-refractivity contribution in [1.82, 2.24) is 9.55 Å². The quantitative estimate of drug-likeness (QED) is 0.348. The molecule has 6 heteroatoms. The molecule has 2 aromatic carbocycles. The van der Waals surface area contributed by atoms with Gasteiger partial charge in [0.05, 0.1) is 17.8 Å². The summed E-state index contributed by atoms with van der Waals surface area (Å²) < 4.78 is 15.6. The van der Waals surface area contributed by atoms with Crippen molar-refractivity contribution in [2.75, 3.05) is 11.9 Å². The summed E-state index contributed by atoms with van der Waals surface area (Å²) in [6.45, 7) is 5.70. The molecule has 0 amide bonds. The van der Waals surface area contributed by atoms with E-state index in [9.17, 15) is 4.39 Å². The van der Waals surface area contributed by atoms with E-state index in [1.165, 1.54) is 34.3 Å². The van der Waals surface area contributed by atoms with Crippen LogP contribution in [0.4, 0.5) is 10.1 Å². The molecule has 156 valence electrons. The normalized spacial score (nSPS) is 10.8. The lowest BCUT2D eigenvalue weighted by atomic mass is 10.1. The number of nitrogens with zero attached hydrogens (tertiary/aromatic N) is 3. The molecule has 4 rings (SSSR count). The minimum Gasteiger partial charge on any atom is -0.369 e. The number of anilines is 1. The van der Waals surface area contributed by atoms with E-state index in [4.69, 9.17) is 16.6 Å². The lowest BCUT2D eigenvalue weighted by molar-refractivity contribution is 0.627. The molecular weight excluding hydrogens is 420 g/mol. The van der Waals surface area contributed by atoms with Gasteiger partial charge in [-0.2, -0.15) is 0 Å². The van der Waals surface area contributed by atoms with E-state index >= 15 is 0 Å². The largest absolute Gasteiger partial charge is 0.369 e. The van der Waals surface area contributed by atoms with Crippen molar-refractivity contribution in [3.05, 3.63) is 94.1 Å². The zero-order valence-corrected chi connectivity index (χ0v) is 18.8. The summed E-state index contributed by atoms with van der Waals surface area (Å²) >= 11 is 6.05. The van der Waals surface area contributed by atoms with Gasteiger partial charge in [-0.25, -0.2) is 4.39 Å². The monoisotopic (exact) mass is 443 g/mol. The van der Waals surface area contributed by atoms with E-state index in [0.717, 1.165) is 28.5 Å². The molecule has 0 spiro atoms. The second-order valence-electron chi connectivity index (χ2n) is 7.41. The van der Waals surface area contributed by atoms with Crippen LogP contribution in [-0.2, 0) is 13.1 Å². The molecule has 0 aliphatic heterocycles. The molecule has 0 aliphatic carbocycles. The maximum atomic E-state index is 13.3. The van der Waals surface area contributed by atoms with E-state index in [2.05, 4.69) is 41.5 Å². The summed E-state index contributed by atoms with van der Waals surface area (Å²) in [4.78, 5) is 6.79. The lowest BCUT2D eigenvalue weighted by Crippen LogP contribution is -2.18. The van der Waals surface area contributed by atoms with Crippen LogP contribution in [0.25, 0.3) is 10.9 Å². The Morgan fingerprint density at radius 3 is 2.33 bits per heavy atom. The fraction of sp³-hybridized carbons (Fsp3) is 0.208. The molecule has 0 aliphatic rings. The van der Waals surface area contributed by atoms with Crippen molar-refractivity contribution in [2.45, 2.75) is 26.9 Å². The van der Waals surface area contributed by atoms with Crippen LogP contribution in [0, 0.1) is 19.7 Å². The zero-order chi connectivity index (χ0) is 20.5. The Kier molecular flexibility index (Phi) is 6.69. The molecular formula is C24H24Cl2FN3. The van der Waals surface area contributed by atoms with Crippen LogP contribution < -0.4 is 4.90 Å². The van der Waals surface area contributed by atoms with Crippen molar-refractivity contribution in [3.8, 4) is 0 Å². The Bertz CT molecular complexity index is 1150. The Morgan fingerprint density at radius 2 is 1.67 bits per heavy atom. The molecule has 0 unspecified atom stereocenters. The maximum Gasteiger partial charge on any atom is 0.123 e. The van der Waals surface area contributed by atoms with Gasteiger partial charge < -0.3 is 9.47 Å². The average molecular weight is 444 g/mol. The molecule has 0 atom stereocenters. The van der Waals surface area contributed by atoms with Gasteiger partial charge in [-0.15, -0.1) is 12.4 Å². The third-order valence-electron chi connectivity index (χ3n) is 5.53. The van der Waals surface area contributed by atoms with Crippen LogP contribution in [-0.4, -0.2) is 16.6 Å². The summed E-state index contributed by atoms with van der Waals surface area (Å²) in [5, 5.41) is 1.95. The van der Waals surface area contributed by atoms with Crippen LogP contribution in [0.3, 0.4) is 0 Å². The first kappa shape index (κ1) is 22.1. The van der Waals surface area contributed by atoms with Gasteiger partial charge in [0.2, 0.25) is 0 Å². The van der Waals surface area contributed by atoms with Gasteiger partial charge in [0.15, 0.2) is 0 Å². The number of hydrogen-bond acceptors (Lipinski definition) is 2. The molecule has 30 heavy (non-hydrogen) atoms. The van der Waals surface area contributed by atoms with Crippen molar-refractivity contribution < 1.29 is 4.39 Å². The highest BCUT2D eigenvalue weighted by molar-refractivity contribution is 6.30. The van der Waals surface area contributed by atoms with Crippen molar-refractivity contribution in [1.29, 1.82) is 0 Å². The highest BCUT2D eigenvalue weighted by atomic mass is 35.5. The summed E-state index contributed by atoms with van der Waals surface area (Å²) in [5.74, 6) is -0.231. The molecule has 0 fully saturated rings. The number of aromatic nitrogens is 2. The number of aryl methyl sites for hydroxylation is 1. The zero-order valence-electron chi connectivity index (χ0n) is 17.2. The third kappa shape index (κ3) is 4.30. The minimum atomic E-state index is -0.231. The first-order chi connectivity index (χ1) is 13.9. The summed E-state index contributed by atoms with van der Waals surface area (Å²) in [6, 6.07) is 16.6. The minimum absolute atomic E-state index is 0. The number of benzene rings is 2. The number of rotatable bonds is 5. The fourth-order valence-electron chi connectivity index (χ4n) is 3.76. The number of fused-ring (bicyclic) bond motifs is 1. The number of pyridine rings is 1. The predicted octanol–water partition coefficient (Wildman–Crippen LogP) is 6.55. The first-order valence-electron chi connectivity index (χ1n) is 9.58. The van der Waals surface area contributed by atoms with Gasteiger partial charge >= 0.3 is 0 Å². The third-order valence-corrected chi connectivity index (χ3v) is 5.78. The standard InChI is InChI=1S/C24H23ClFN3.ClH/c1-16-17(2)29(14-18-4-6-19(25)7-5-18)24-22(16)12-13-27-23(24)15-28(3)21-10-8-20(26)9-11-21;/h4-13H,14-15H2,1-3H3;1H. The van der Waals surface area contributed by atoms with E-state index in [1.54, 1.807) is 12.1 Å². The summed E-state index contributed by atoms with van der Waals surface area (Å²) in [7, 11) is 2.00. The fourth-order valence-corrected chi connectivity index (χ4v) is 3.89. The van der Waals surface area contributed by atoms with E-state index in [0.29, 0.717) is 6.54 Å². The molecule has 0 radical (unpaired) electrons. The van der Waals surface area contributed by atoms with Gasteiger partial charge in [0.25, 0.3) is 0 Å². The average Bonchev–Trinajstić information content (AvgIpc) is 2.96. The van der Waals surface area contributed by atoms with Gasteiger partial charge in [0, 0.05) is 41.6 Å². The van der Waals surface area contributed by atoms with Crippen LogP contribution in [0.1, 0.15) is 22.5 Å². The Morgan fingerprint density at radius 1 is 1.00 bits per heavy atom. The molecule has 3 nitrogen and oxygen atoms in total. The van der Waals surface area contributed by atoms with Crippen molar-refractivity contribution >= 4 is 40.6 Å².